The Balaban J connectivity index is 1.83. The van der Waals surface area contributed by atoms with Crippen molar-refractivity contribution < 1.29 is 0 Å². The number of hydrogen-bond donors (Lipinski definition) is 0. The molecule has 1 saturated carbocycles. The average Bonchev–Trinajstić information content (AvgIpc) is 2.39. The lowest BCUT2D eigenvalue weighted by Crippen LogP contribution is -2.50. The third-order valence-corrected chi connectivity index (χ3v) is 5.14. The molecule has 0 aromatic heterocycles. The van der Waals surface area contributed by atoms with Crippen LogP contribution in [-0.4, -0.2) is 24.0 Å². The molecule has 0 aromatic carbocycles. The minimum Gasteiger partial charge on any atom is -0.300 e. The van der Waals surface area contributed by atoms with Gasteiger partial charge in [0.1, 0.15) is 0 Å². The van der Waals surface area contributed by atoms with E-state index in [0.29, 0.717) is 0 Å². The van der Waals surface area contributed by atoms with E-state index >= 15 is 0 Å². The van der Waals surface area contributed by atoms with Gasteiger partial charge in [-0.2, -0.15) is 0 Å². The molecule has 1 heterocycles. The molecular weight excluding hydrogens is 230 g/mol. The zero-order chi connectivity index (χ0) is 13.1. The van der Waals surface area contributed by atoms with E-state index in [1.54, 1.807) is 5.57 Å². The van der Waals surface area contributed by atoms with Crippen molar-refractivity contribution in [3.63, 3.8) is 0 Å². The first-order chi connectivity index (χ1) is 9.40. The first kappa shape index (κ1) is 13.2. The lowest BCUT2D eigenvalue weighted by Gasteiger charge is -2.48. The number of nitrogens with zero attached hydrogens (tertiary/aromatic N) is 1. The molecule has 2 aliphatic carbocycles. The number of allylic oxidation sites excluding steroid dienone is 6. The van der Waals surface area contributed by atoms with Gasteiger partial charge in [-0.25, -0.2) is 0 Å². The van der Waals surface area contributed by atoms with Gasteiger partial charge in [0.2, 0.25) is 0 Å². The van der Waals surface area contributed by atoms with E-state index in [-0.39, 0.29) is 0 Å². The van der Waals surface area contributed by atoms with Crippen molar-refractivity contribution >= 4 is 0 Å². The van der Waals surface area contributed by atoms with Crippen LogP contribution in [0.1, 0.15) is 45.4 Å². The lowest BCUT2D eigenvalue weighted by molar-refractivity contribution is 0.0571. The molecule has 1 heteroatoms. The summed E-state index contributed by atoms with van der Waals surface area (Å²) in [5.41, 5.74) is 1.69. The van der Waals surface area contributed by atoms with Gasteiger partial charge in [0.25, 0.3) is 0 Å². The Morgan fingerprint density at radius 3 is 3.11 bits per heavy atom. The first-order valence-electron chi connectivity index (χ1n) is 8.16. The second-order valence-electron chi connectivity index (χ2n) is 6.31. The van der Waals surface area contributed by atoms with Crippen molar-refractivity contribution in [2.24, 2.45) is 11.8 Å². The zero-order valence-corrected chi connectivity index (χ0v) is 12.2. The van der Waals surface area contributed by atoms with Crippen molar-refractivity contribution in [2.75, 3.05) is 13.1 Å². The van der Waals surface area contributed by atoms with Crippen LogP contribution in [0.25, 0.3) is 0 Å². The van der Waals surface area contributed by atoms with Crippen molar-refractivity contribution in [1.29, 1.82) is 0 Å². The molecule has 0 N–H and O–H groups in total. The molecule has 1 nitrogen and oxygen atoms in total. The maximum atomic E-state index is 2.79. The van der Waals surface area contributed by atoms with Crippen LogP contribution in [0.15, 0.2) is 36.0 Å². The molecule has 3 aliphatic rings. The maximum absolute atomic E-state index is 2.79. The lowest BCUT2D eigenvalue weighted by atomic mass is 9.68. The smallest absolute Gasteiger partial charge is 0.0135 e. The normalized spacial score (nSPS) is 39.4. The van der Waals surface area contributed by atoms with E-state index in [4.69, 9.17) is 0 Å². The van der Waals surface area contributed by atoms with Crippen molar-refractivity contribution in [3.05, 3.63) is 36.0 Å². The number of fused-ring (bicyclic) bond motifs is 3. The van der Waals surface area contributed by atoms with Gasteiger partial charge in [0.15, 0.2) is 0 Å². The monoisotopic (exact) mass is 257 g/mol. The topological polar surface area (TPSA) is 3.24 Å². The quantitative estimate of drug-likeness (QED) is 0.666. The van der Waals surface area contributed by atoms with Crippen LogP contribution in [0.3, 0.4) is 0 Å². The van der Waals surface area contributed by atoms with Crippen LogP contribution in [0.4, 0.5) is 0 Å². The molecule has 0 amide bonds. The molecule has 0 spiro atoms. The van der Waals surface area contributed by atoms with E-state index in [0.717, 1.165) is 24.3 Å². The summed E-state index contributed by atoms with van der Waals surface area (Å²) in [4.78, 5) is 2.79. The van der Waals surface area contributed by atoms with Crippen LogP contribution in [0.2, 0.25) is 0 Å². The highest BCUT2D eigenvalue weighted by Crippen LogP contribution is 2.43. The van der Waals surface area contributed by atoms with Gasteiger partial charge in [-0.05, 0) is 57.5 Å². The zero-order valence-electron chi connectivity index (χ0n) is 12.2. The number of hydrogen-bond acceptors (Lipinski definition) is 1. The minimum atomic E-state index is 0.725. The van der Waals surface area contributed by atoms with Gasteiger partial charge < -0.3 is 4.90 Å². The first-order valence-corrected chi connectivity index (χ1v) is 8.16. The Morgan fingerprint density at radius 2 is 2.21 bits per heavy atom. The van der Waals surface area contributed by atoms with Crippen molar-refractivity contribution in [3.8, 4) is 0 Å². The summed E-state index contributed by atoms with van der Waals surface area (Å²) in [7, 11) is 0. The summed E-state index contributed by atoms with van der Waals surface area (Å²) in [6.07, 6.45) is 19.8. The fourth-order valence-electron chi connectivity index (χ4n) is 4.33. The molecule has 1 aliphatic heterocycles. The summed E-state index contributed by atoms with van der Waals surface area (Å²) in [6.45, 7) is 4.96. The number of likely N-dealkylation sites (tertiary alicyclic amines) is 1. The van der Waals surface area contributed by atoms with Crippen molar-refractivity contribution in [1.82, 2.24) is 4.90 Å². The SMILES string of the molecule is CCCN1CCC[C@@H]2C3C=CC/C=C\C=C/3CCC21. The van der Waals surface area contributed by atoms with Crippen LogP contribution in [0, 0.1) is 11.8 Å². The molecule has 19 heavy (non-hydrogen) atoms. The molecule has 2 unspecified atom stereocenters. The van der Waals surface area contributed by atoms with Crippen LogP contribution >= 0.6 is 0 Å². The summed E-state index contributed by atoms with van der Waals surface area (Å²) < 4.78 is 0. The Kier molecular flexibility index (Phi) is 4.22. The van der Waals surface area contributed by atoms with Gasteiger partial charge in [0.05, 0.1) is 0 Å². The summed E-state index contributed by atoms with van der Waals surface area (Å²) in [5.74, 6) is 1.60. The maximum Gasteiger partial charge on any atom is 0.0135 e. The Bertz CT molecular complexity index is 388. The molecule has 1 saturated heterocycles. The summed E-state index contributed by atoms with van der Waals surface area (Å²) in [6, 6.07) is 0.851. The third-order valence-electron chi connectivity index (χ3n) is 5.14. The van der Waals surface area contributed by atoms with E-state index in [1.807, 2.05) is 0 Å². The highest BCUT2D eigenvalue weighted by Gasteiger charge is 2.39. The minimum absolute atomic E-state index is 0.725. The second-order valence-corrected chi connectivity index (χ2v) is 6.31. The molecule has 3 rings (SSSR count). The molecule has 104 valence electrons. The Morgan fingerprint density at radius 1 is 1.26 bits per heavy atom. The van der Waals surface area contributed by atoms with Gasteiger partial charge in [-0.15, -0.1) is 0 Å². The van der Waals surface area contributed by atoms with E-state index in [9.17, 15) is 0 Å². The highest BCUT2D eigenvalue weighted by atomic mass is 15.2. The van der Waals surface area contributed by atoms with Crippen LogP contribution < -0.4 is 0 Å². The second kappa shape index (κ2) is 6.09. The average molecular weight is 257 g/mol. The van der Waals surface area contributed by atoms with Crippen LogP contribution in [-0.2, 0) is 0 Å². The van der Waals surface area contributed by atoms with E-state index < -0.39 is 0 Å². The van der Waals surface area contributed by atoms with Crippen LogP contribution in [0.5, 0.6) is 0 Å². The molecule has 0 radical (unpaired) electrons. The highest BCUT2D eigenvalue weighted by molar-refractivity contribution is 5.26. The van der Waals surface area contributed by atoms with Crippen molar-refractivity contribution in [2.45, 2.75) is 51.5 Å². The predicted octanol–water partition coefficient (Wildman–Crippen LogP) is 4.33. The predicted molar refractivity (Wildman–Crippen MR) is 82.1 cm³/mol. The molecular formula is C18H27N. The standard InChI is InChI=1S/C18H27N/c1-2-13-19-14-7-10-17-16-9-6-4-3-5-8-15(16)11-12-18(17)19/h3,5-6,8-9,16-18H,2,4,7,10-14H2,1H3/b5-3-,9-6?,15-8-/t16?,17-,18?/m1/s1. The van der Waals surface area contributed by atoms with Gasteiger partial charge in [-0.3, -0.25) is 0 Å². The van der Waals surface area contributed by atoms with Gasteiger partial charge >= 0.3 is 0 Å². The van der Waals surface area contributed by atoms with Gasteiger partial charge in [-0.1, -0.05) is 42.9 Å². The molecule has 2 fully saturated rings. The van der Waals surface area contributed by atoms with E-state index in [2.05, 4.69) is 42.2 Å². The van der Waals surface area contributed by atoms with Gasteiger partial charge in [0, 0.05) is 12.0 Å². The largest absolute Gasteiger partial charge is 0.300 e. The molecule has 3 atom stereocenters. The summed E-state index contributed by atoms with van der Waals surface area (Å²) >= 11 is 0. The number of piperidine rings is 1. The molecule has 0 aromatic rings. The third kappa shape index (κ3) is 2.72. The fourth-order valence-corrected chi connectivity index (χ4v) is 4.33. The number of rotatable bonds is 2. The Labute approximate surface area is 118 Å². The summed E-state index contributed by atoms with van der Waals surface area (Å²) in [5, 5.41) is 0. The van der Waals surface area contributed by atoms with E-state index in [1.165, 1.54) is 45.2 Å². The fraction of sp³-hybridized carbons (Fsp3) is 0.667. The Hall–Kier alpha value is -0.820. The molecule has 0 bridgehead atoms.